The summed E-state index contributed by atoms with van der Waals surface area (Å²) in [6, 6.07) is 7.80. The Labute approximate surface area is 98.0 Å². The van der Waals surface area contributed by atoms with Crippen molar-refractivity contribution in [2.24, 2.45) is 11.7 Å². The molecule has 1 aliphatic rings. The Morgan fingerprint density at radius 3 is 2.40 bits per heavy atom. The molecule has 1 fully saturated rings. The van der Waals surface area contributed by atoms with Crippen molar-refractivity contribution in [2.75, 3.05) is 6.54 Å². The van der Waals surface area contributed by atoms with E-state index in [0.29, 0.717) is 6.42 Å². The SMILES string of the molecule is NCC(F)(Cc1ccc(Br)cc1)C1CC1. The maximum absolute atomic E-state index is 14.4. The first-order valence-electron chi connectivity index (χ1n) is 5.27. The summed E-state index contributed by atoms with van der Waals surface area (Å²) in [4.78, 5) is 0. The van der Waals surface area contributed by atoms with Gasteiger partial charge in [-0.05, 0) is 36.5 Å². The Morgan fingerprint density at radius 1 is 1.33 bits per heavy atom. The second kappa shape index (κ2) is 4.22. The summed E-state index contributed by atoms with van der Waals surface area (Å²) >= 11 is 3.36. The van der Waals surface area contributed by atoms with E-state index >= 15 is 0 Å². The third-order valence-corrected chi connectivity index (χ3v) is 3.59. The van der Waals surface area contributed by atoms with Crippen LogP contribution in [-0.2, 0) is 6.42 Å². The fourth-order valence-corrected chi connectivity index (χ4v) is 2.19. The van der Waals surface area contributed by atoms with Gasteiger partial charge in [-0.15, -0.1) is 0 Å². The molecule has 1 saturated carbocycles. The lowest BCUT2D eigenvalue weighted by molar-refractivity contribution is 0.142. The van der Waals surface area contributed by atoms with Crippen LogP contribution in [0.2, 0.25) is 0 Å². The molecule has 0 amide bonds. The predicted molar refractivity (Wildman–Crippen MR) is 63.5 cm³/mol. The van der Waals surface area contributed by atoms with E-state index in [1.165, 1.54) is 0 Å². The first kappa shape index (κ1) is 11.1. The van der Waals surface area contributed by atoms with Crippen molar-refractivity contribution in [2.45, 2.75) is 24.9 Å². The van der Waals surface area contributed by atoms with Gasteiger partial charge in [0.2, 0.25) is 0 Å². The molecule has 1 aromatic rings. The maximum atomic E-state index is 14.4. The van der Waals surface area contributed by atoms with Gasteiger partial charge in [0.25, 0.3) is 0 Å². The topological polar surface area (TPSA) is 26.0 Å². The lowest BCUT2D eigenvalue weighted by Crippen LogP contribution is -2.37. The monoisotopic (exact) mass is 271 g/mol. The number of alkyl halides is 1. The van der Waals surface area contributed by atoms with Crippen LogP contribution >= 0.6 is 15.9 Å². The number of halogens is 2. The highest BCUT2D eigenvalue weighted by Crippen LogP contribution is 2.43. The van der Waals surface area contributed by atoms with Gasteiger partial charge in [0, 0.05) is 17.4 Å². The van der Waals surface area contributed by atoms with Crippen molar-refractivity contribution >= 4 is 15.9 Å². The minimum absolute atomic E-state index is 0.133. The van der Waals surface area contributed by atoms with Gasteiger partial charge in [-0.2, -0.15) is 0 Å². The Kier molecular flexibility index (Phi) is 3.12. The summed E-state index contributed by atoms with van der Waals surface area (Å²) in [5.74, 6) is 0.186. The summed E-state index contributed by atoms with van der Waals surface area (Å²) < 4.78 is 15.4. The molecule has 2 rings (SSSR count). The molecule has 1 aliphatic carbocycles. The van der Waals surface area contributed by atoms with E-state index in [4.69, 9.17) is 5.73 Å². The molecule has 0 aromatic heterocycles. The number of benzene rings is 1. The van der Waals surface area contributed by atoms with Crippen LogP contribution in [0.1, 0.15) is 18.4 Å². The van der Waals surface area contributed by atoms with Crippen LogP contribution in [0.3, 0.4) is 0 Å². The molecule has 0 bridgehead atoms. The number of hydrogen-bond donors (Lipinski definition) is 1. The molecule has 1 atom stereocenters. The van der Waals surface area contributed by atoms with Gasteiger partial charge in [0.15, 0.2) is 0 Å². The second-order valence-electron chi connectivity index (χ2n) is 4.32. The largest absolute Gasteiger partial charge is 0.328 e. The second-order valence-corrected chi connectivity index (χ2v) is 5.23. The molecular weight excluding hydrogens is 257 g/mol. The van der Waals surface area contributed by atoms with E-state index in [0.717, 1.165) is 22.9 Å². The molecule has 0 spiro atoms. The molecule has 1 aromatic carbocycles. The van der Waals surface area contributed by atoms with Crippen LogP contribution in [0, 0.1) is 5.92 Å². The Bertz CT molecular complexity index is 334. The first-order valence-corrected chi connectivity index (χ1v) is 6.07. The Balaban J connectivity index is 2.09. The molecule has 15 heavy (non-hydrogen) atoms. The molecule has 0 radical (unpaired) electrons. The van der Waals surface area contributed by atoms with Crippen molar-refractivity contribution in [1.29, 1.82) is 0 Å². The fourth-order valence-electron chi connectivity index (χ4n) is 1.93. The zero-order valence-electron chi connectivity index (χ0n) is 8.55. The van der Waals surface area contributed by atoms with E-state index < -0.39 is 5.67 Å². The van der Waals surface area contributed by atoms with E-state index in [-0.39, 0.29) is 12.5 Å². The van der Waals surface area contributed by atoms with Crippen molar-refractivity contribution in [3.05, 3.63) is 34.3 Å². The molecule has 1 nitrogen and oxygen atoms in total. The number of hydrogen-bond acceptors (Lipinski definition) is 1. The van der Waals surface area contributed by atoms with Crippen molar-refractivity contribution in [3.63, 3.8) is 0 Å². The molecule has 0 saturated heterocycles. The molecule has 3 heteroatoms. The minimum atomic E-state index is -1.19. The van der Waals surface area contributed by atoms with Gasteiger partial charge in [0.05, 0.1) is 0 Å². The molecule has 0 aliphatic heterocycles. The summed E-state index contributed by atoms with van der Waals surface area (Å²) in [6.07, 6.45) is 2.43. The average Bonchev–Trinajstić information content (AvgIpc) is 3.05. The van der Waals surface area contributed by atoms with Gasteiger partial charge in [-0.25, -0.2) is 4.39 Å². The van der Waals surface area contributed by atoms with Gasteiger partial charge < -0.3 is 5.73 Å². The number of nitrogens with two attached hydrogens (primary N) is 1. The van der Waals surface area contributed by atoms with Gasteiger partial charge in [0.1, 0.15) is 5.67 Å². The van der Waals surface area contributed by atoms with Crippen molar-refractivity contribution in [1.82, 2.24) is 0 Å². The highest BCUT2D eigenvalue weighted by atomic mass is 79.9. The maximum Gasteiger partial charge on any atom is 0.130 e. The highest BCUT2D eigenvalue weighted by Gasteiger charge is 2.44. The quantitative estimate of drug-likeness (QED) is 0.895. The van der Waals surface area contributed by atoms with Gasteiger partial charge in [-0.3, -0.25) is 0 Å². The average molecular weight is 272 g/mol. The first-order chi connectivity index (χ1) is 7.14. The van der Waals surface area contributed by atoms with Gasteiger partial charge in [-0.1, -0.05) is 28.1 Å². The molecular formula is C12H15BrFN. The van der Waals surface area contributed by atoms with Crippen LogP contribution in [0.4, 0.5) is 4.39 Å². The van der Waals surface area contributed by atoms with Crippen LogP contribution in [-0.4, -0.2) is 12.2 Å². The van der Waals surface area contributed by atoms with Crippen LogP contribution in [0.25, 0.3) is 0 Å². The van der Waals surface area contributed by atoms with Gasteiger partial charge >= 0.3 is 0 Å². The van der Waals surface area contributed by atoms with E-state index in [9.17, 15) is 4.39 Å². The van der Waals surface area contributed by atoms with E-state index in [2.05, 4.69) is 15.9 Å². The fraction of sp³-hybridized carbons (Fsp3) is 0.500. The third kappa shape index (κ3) is 2.58. The predicted octanol–water partition coefficient (Wildman–Crippen LogP) is 3.07. The van der Waals surface area contributed by atoms with Crippen LogP contribution in [0.5, 0.6) is 0 Å². The number of rotatable bonds is 4. The summed E-state index contributed by atoms with van der Waals surface area (Å²) in [5, 5.41) is 0. The lowest BCUT2D eigenvalue weighted by Gasteiger charge is -2.23. The summed E-state index contributed by atoms with van der Waals surface area (Å²) in [6.45, 7) is 0.133. The zero-order chi connectivity index (χ0) is 10.9. The molecule has 82 valence electrons. The van der Waals surface area contributed by atoms with Crippen LogP contribution in [0.15, 0.2) is 28.7 Å². The van der Waals surface area contributed by atoms with Crippen molar-refractivity contribution in [3.8, 4) is 0 Å². The van der Waals surface area contributed by atoms with E-state index in [1.54, 1.807) is 0 Å². The lowest BCUT2D eigenvalue weighted by atomic mass is 9.92. The normalized spacial score (nSPS) is 19.9. The standard InChI is InChI=1S/C12H15BrFN/c13-11-5-1-9(2-6-11)7-12(14,8-15)10-3-4-10/h1-2,5-6,10H,3-4,7-8,15H2. The van der Waals surface area contributed by atoms with Crippen LogP contribution < -0.4 is 5.73 Å². The minimum Gasteiger partial charge on any atom is -0.328 e. The molecule has 2 N–H and O–H groups in total. The Hall–Kier alpha value is -0.410. The molecule has 0 heterocycles. The molecule has 1 unspecified atom stereocenters. The third-order valence-electron chi connectivity index (χ3n) is 3.06. The van der Waals surface area contributed by atoms with Crippen molar-refractivity contribution < 1.29 is 4.39 Å². The summed E-state index contributed by atoms with van der Waals surface area (Å²) in [5.41, 5.74) is 5.38. The summed E-state index contributed by atoms with van der Waals surface area (Å²) in [7, 11) is 0. The smallest absolute Gasteiger partial charge is 0.130 e. The van der Waals surface area contributed by atoms with E-state index in [1.807, 2.05) is 24.3 Å². The zero-order valence-corrected chi connectivity index (χ0v) is 10.1. The Morgan fingerprint density at radius 2 is 1.93 bits per heavy atom. The highest BCUT2D eigenvalue weighted by molar-refractivity contribution is 9.10.